The van der Waals surface area contributed by atoms with E-state index in [9.17, 15) is 28.0 Å². The van der Waals surface area contributed by atoms with Crippen molar-refractivity contribution in [2.24, 2.45) is 4.99 Å². The number of anilines is 3. The Kier molecular flexibility index (Phi) is 7.90. The molecule has 0 amide bonds. The van der Waals surface area contributed by atoms with Crippen LogP contribution in [-0.2, 0) is 6.54 Å². The summed E-state index contributed by atoms with van der Waals surface area (Å²) >= 11 is 0. The maximum Gasteiger partial charge on any atom is 0.359 e. The molecule has 4 N–H and O–H groups in total. The van der Waals surface area contributed by atoms with Crippen molar-refractivity contribution in [1.29, 1.82) is 5.26 Å². The lowest BCUT2D eigenvalue weighted by molar-refractivity contribution is 0.0328. The Hall–Kier alpha value is -5.12. The van der Waals surface area contributed by atoms with Crippen LogP contribution in [0.4, 0.5) is 30.5 Å². The zero-order valence-electron chi connectivity index (χ0n) is 21.6. The van der Waals surface area contributed by atoms with Crippen molar-refractivity contribution in [2.75, 3.05) is 24.1 Å². The van der Waals surface area contributed by atoms with Gasteiger partial charge in [-0.05, 0) is 49.4 Å². The van der Waals surface area contributed by atoms with E-state index >= 15 is 0 Å². The van der Waals surface area contributed by atoms with Crippen LogP contribution in [0.5, 0.6) is 0 Å². The minimum atomic E-state index is -3.00. The van der Waals surface area contributed by atoms with Crippen molar-refractivity contribution in [3.05, 3.63) is 97.7 Å². The number of alkyl halides is 2. The fourth-order valence-corrected chi connectivity index (χ4v) is 3.88. The summed E-state index contributed by atoms with van der Waals surface area (Å²) in [6, 6.07) is 10.1. The van der Waals surface area contributed by atoms with Gasteiger partial charge < -0.3 is 16.4 Å². The second-order valence-electron chi connectivity index (χ2n) is 9.29. The monoisotopic (exact) mass is 550 g/mol. The molecular formula is C27H25F3N8O2. The van der Waals surface area contributed by atoms with Crippen LogP contribution in [0.2, 0.25) is 0 Å². The van der Waals surface area contributed by atoms with E-state index < -0.39 is 29.7 Å². The molecule has 3 aromatic rings. The molecule has 2 aromatic carbocycles. The molecule has 0 radical (unpaired) electrons. The van der Waals surface area contributed by atoms with Gasteiger partial charge in [0.05, 0.1) is 23.9 Å². The van der Waals surface area contributed by atoms with Crippen molar-refractivity contribution in [3.63, 3.8) is 0 Å². The van der Waals surface area contributed by atoms with Gasteiger partial charge in [-0.25, -0.2) is 27.3 Å². The molecular weight excluding hydrogens is 525 g/mol. The Morgan fingerprint density at radius 2 is 2.05 bits per heavy atom. The number of nitrogens with zero attached hydrogens (tertiary/aromatic N) is 5. The molecule has 0 fully saturated rings. The first kappa shape index (κ1) is 27.9. The Morgan fingerprint density at radius 1 is 1.27 bits per heavy atom. The maximum atomic E-state index is 14.7. The number of aromatic nitrogens is 3. The van der Waals surface area contributed by atoms with Crippen molar-refractivity contribution in [3.8, 4) is 6.07 Å². The zero-order chi connectivity index (χ0) is 29.0. The van der Waals surface area contributed by atoms with E-state index in [2.05, 4.69) is 20.6 Å². The largest absolute Gasteiger partial charge is 0.398 e. The number of nitrogen functional groups attached to an aromatic ring is 1. The molecule has 0 aliphatic carbocycles. The van der Waals surface area contributed by atoms with E-state index in [1.807, 2.05) is 13.0 Å². The lowest BCUT2D eigenvalue weighted by atomic mass is 10.1. The predicted molar refractivity (Wildman–Crippen MR) is 146 cm³/mol. The normalized spacial score (nSPS) is 13.4. The molecule has 13 heteroatoms. The molecule has 1 aliphatic rings. The Morgan fingerprint density at radius 3 is 2.75 bits per heavy atom. The van der Waals surface area contributed by atoms with Crippen molar-refractivity contribution in [1.82, 2.24) is 19.4 Å². The molecule has 0 spiro atoms. The van der Waals surface area contributed by atoms with Crippen LogP contribution in [0.3, 0.4) is 0 Å². The van der Waals surface area contributed by atoms with E-state index in [1.165, 1.54) is 42.7 Å². The lowest BCUT2D eigenvalue weighted by Crippen LogP contribution is -2.42. The zero-order valence-corrected chi connectivity index (χ0v) is 21.6. The second kappa shape index (κ2) is 11.3. The first-order chi connectivity index (χ1) is 18.9. The van der Waals surface area contributed by atoms with Gasteiger partial charge in [-0.15, -0.1) is 0 Å². The number of nitriles is 1. The average Bonchev–Trinajstić information content (AvgIpc) is 2.88. The van der Waals surface area contributed by atoms with Crippen molar-refractivity contribution in [2.45, 2.75) is 26.3 Å². The third-order valence-corrected chi connectivity index (χ3v) is 5.80. The standard InChI is InChI=1S/C27H25F3N8O2/c1-16-7-21(13-33-11-16)38-25(39)36-24(37(26(38)40)14-19-8-17(10-31)3-5-22(19)28)35-20-4-6-23(32)18(9-20)12-34-15-27(2,29)30/h3-9,12-13,33H,11,14-15,32H2,1-2H3,(H,35,36,39). The van der Waals surface area contributed by atoms with Gasteiger partial charge >= 0.3 is 11.4 Å². The van der Waals surface area contributed by atoms with Crippen LogP contribution >= 0.6 is 0 Å². The summed E-state index contributed by atoms with van der Waals surface area (Å²) in [6.45, 7) is 1.98. The summed E-state index contributed by atoms with van der Waals surface area (Å²) in [6.07, 6.45) is 4.34. The smallest absolute Gasteiger partial charge is 0.359 e. The molecule has 0 saturated carbocycles. The minimum Gasteiger partial charge on any atom is -0.398 e. The van der Waals surface area contributed by atoms with Gasteiger partial charge in [0.1, 0.15) is 12.4 Å². The summed E-state index contributed by atoms with van der Waals surface area (Å²) in [4.78, 5) is 34.5. The highest BCUT2D eigenvalue weighted by Crippen LogP contribution is 2.21. The Labute approximate surface area is 226 Å². The SMILES string of the molecule is CC1=CC(n2c(=O)nc(Nc3ccc(N)c(C=NCC(C)(F)F)c3)n(Cc3cc(C#N)ccc3F)c2=O)=CNC1. The third kappa shape index (κ3) is 6.47. The van der Waals surface area contributed by atoms with E-state index in [0.29, 0.717) is 17.8 Å². The molecule has 0 saturated heterocycles. The number of dihydropyridines is 1. The fraction of sp³-hybridized carbons (Fsp3) is 0.222. The number of halogens is 3. The van der Waals surface area contributed by atoms with E-state index in [0.717, 1.165) is 27.7 Å². The number of nitrogens with one attached hydrogen (secondary N) is 2. The Balaban J connectivity index is 1.82. The highest BCUT2D eigenvalue weighted by molar-refractivity contribution is 5.88. The fourth-order valence-electron chi connectivity index (χ4n) is 3.88. The molecule has 0 atom stereocenters. The molecule has 0 unspecified atom stereocenters. The average molecular weight is 551 g/mol. The summed E-state index contributed by atoms with van der Waals surface area (Å²) in [5, 5.41) is 15.1. The Bertz CT molecular complexity index is 1710. The van der Waals surface area contributed by atoms with Crippen LogP contribution in [0.1, 0.15) is 30.5 Å². The van der Waals surface area contributed by atoms with Gasteiger partial charge in [0, 0.05) is 48.4 Å². The van der Waals surface area contributed by atoms with Crippen LogP contribution in [0.15, 0.2) is 68.8 Å². The van der Waals surface area contributed by atoms with E-state index in [4.69, 9.17) is 5.73 Å². The predicted octanol–water partition coefficient (Wildman–Crippen LogP) is 3.21. The number of hydrogen-bond acceptors (Lipinski definition) is 8. The summed E-state index contributed by atoms with van der Waals surface area (Å²) < 4.78 is 43.0. The van der Waals surface area contributed by atoms with E-state index in [1.54, 1.807) is 6.08 Å². The first-order valence-electron chi connectivity index (χ1n) is 12.0. The van der Waals surface area contributed by atoms with Crippen molar-refractivity contribution >= 4 is 29.2 Å². The topological polar surface area (TPSA) is 143 Å². The van der Waals surface area contributed by atoms with Gasteiger partial charge in [0.25, 0.3) is 5.92 Å². The van der Waals surface area contributed by atoms with Crippen molar-refractivity contribution < 1.29 is 13.2 Å². The van der Waals surface area contributed by atoms with Gasteiger partial charge in [-0.1, -0.05) is 5.57 Å². The number of rotatable bonds is 8. The molecule has 2 heterocycles. The maximum absolute atomic E-state index is 14.7. The second-order valence-corrected chi connectivity index (χ2v) is 9.29. The summed E-state index contributed by atoms with van der Waals surface area (Å²) in [5.41, 5.74) is 6.42. The van der Waals surface area contributed by atoms with Crippen LogP contribution in [0.25, 0.3) is 5.70 Å². The van der Waals surface area contributed by atoms with Gasteiger partial charge in [-0.2, -0.15) is 10.2 Å². The molecule has 0 bridgehead atoms. The highest BCUT2D eigenvalue weighted by atomic mass is 19.3. The third-order valence-electron chi connectivity index (χ3n) is 5.80. The number of benzene rings is 2. The molecule has 1 aliphatic heterocycles. The van der Waals surface area contributed by atoms with Crippen LogP contribution in [0, 0.1) is 17.1 Å². The number of nitrogens with two attached hydrogens (primary N) is 1. The lowest BCUT2D eigenvalue weighted by Gasteiger charge is -2.18. The van der Waals surface area contributed by atoms with Crippen LogP contribution in [-0.4, -0.2) is 39.3 Å². The first-order valence-corrected chi connectivity index (χ1v) is 12.0. The van der Waals surface area contributed by atoms with Crippen LogP contribution < -0.4 is 27.7 Å². The number of hydrogen-bond donors (Lipinski definition) is 3. The molecule has 40 heavy (non-hydrogen) atoms. The van der Waals surface area contributed by atoms with Gasteiger partial charge in [0.2, 0.25) is 5.95 Å². The molecule has 1 aromatic heterocycles. The minimum absolute atomic E-state index is 0.0179. The summed E-state index contributed by atoms with van der Waals surface area (Å²) in [5.74, 6) is -3.88. The molecule has 10 nitrogen and oxygen atoms in total. The molecule has 4 rings (SSSR count). The quantitative estimate of drug-likeness (QED) is 0.289. The van der Waals surface area contributed by atoms with Gasteiger partial charge in [0.15, 0.2) is 0 Å². The summed E-state index contributed by atoms with van der Waals surface area (Å²) in [7, 11) is 0. The number of aliphatic imine (C=N–C) groups is 1. The molecule has 206 valence electrons. The highest BCUT2D eigenvalue weighted by Gasteiger charge is 2.20. The van der Waals surface area contributed by atoms with E-state index in [-0.39, 0.29) is 35.0 Å². The van der Waals surface area contributed by atoms with Gasteiger partial charge in [-0.3, -0.25) is 9.56 Å². The number of allylic oxidation sites excluding steroid dienone is 2.